The van der Waals surface area contributed by atoms with Crippen LogP contribution in [0.25, 0.3) is 0 Å². The van der Waals surface area contributed by atoms with Crippen LogP contribution in [0, 0.1) is 18.8 Å². The minimum Gasteiger partial charge on any atom is -0.467 e. The highest BCUT2D eigenvalue weighted by Crippen LogP contribution is 2.21. The molecule has 1 atom stereocenters. The first-order chi connectivity index (χ1) is 7.29. The second kappa shape index (κ2) is 6.31. The zero-order chi connectivity index (χ0) is 11.1. The van der Waals surface area contributed by atoms with Gasteiger partial charge in [-0.15, -0.1) is 11.8 Å². The van der Waals surface area contributed by atoms with E-state index >= 15 is 0 Å². The maximum absolute atomic E-state index is 5.49. The quantitative estimate of drug-likeness (QED) is 0.747. The van der Waals surface area contributed by atoms with Gasteiger partial charge in [-0.25, -0.2) is 0 Å². The number of hydrogen-bond donors (Lipinski definition) is 1. The molecule has 0 aliphatic heterocycles. The minimum atomic E-state index is 0.229. The molecule has 1 heterocycles. The molecule has 1 N–H and O–H groups in total. The summed E-state index contributed by atoms with van der Waals surface area (Å²) < 4.78 is 5.49. The van der Waals surface area contributed by atoms with Crippen LogP contribution in [0.3, 0.4) is 0 Å². The van der Waals surface area contributed by atoms with Crippen LogP contribution in [0.15, 0.2) is 16.7 Å². The number of nitrogens with one attached hydrogen (secondary N) is 1. The topological polar surface area (TPSA) is 25.2 Å². The first-order valence-corrected chi connectivity index (χ1v) is 5.46. The van der Waals surface area contributed by atoms with Gasteiger partial charge in [-0.3, -0.25) is 0 Å². The van der Waals surface area contributed by atoms with Crippen molar-refractivity contribution in [2.75, 3.05) is 6.54 Å². The van der Waals surface area contributed by atoms with E-state index in [1.807, 2.05) is 13.0 Å². The van der Waals surface area contributed by atoms with Crippen LogP contribution < -0.4 is 5.32 Å². The van der Waals surface area contributed by atoms with Gasteiger partial charge in [-0.1, -0.05) is 6.92 Å². The van der Waals surface area contributed by atoms with E-state index in [2.05, 4.69) is 31.0 Å². The third kappa shape index (κ3) is 3.45. The van der Waals surface area contributed by atoms with Gasteiger partial charge in [0.25, 0.3) is 0 Å². The molecule has 0 aliphatic rings. The second-order valence-electron chi connectivity index (χ2n) is 3.61. The Morgan fingerprint density at radius 1 is 1.53 bits per heavy atom. The van der Waals surface area contributed by atoms with Gasteiger partial charge in [0.05, 0.1) is 12.3 Å². The Morgan fingerprint density at radius 3 is 2.87 bits per heavy atom. The summed E-state index contributed by atoms with van der Waals surface area (Å²) in [4.78, 5) is 0. The Morgan fingerprint density at radius 2 is 2.33 bits per heavy atom. The van der Waals surface area contributed by atoms with Crippen LogP contribution in [0.4, 0.5) is 0 Å². The lowest BCUT2D eigenvalue weighted by atomic mass is 10.1. The van der Waals surface area contributed by atoms with Crippen molar-refractivity contribution in [1.82, 2.24) is 5.32 Å². The Kier molecular flexibility index (Phi) is 5.00. The molecule has 1 aromatic rings. The Hall–Kier alpha value is -1.20. The van der Waals surface area contributed by atoms with E-state index in [-0.39, 0.29) is 6.04 Å². The number of hydrogen-bond acceptors (Lipinski definition) is 2. The standard InChI is InChI=1S/C13H19NO/c1-4-6-7-12(14-9-5-2)13-11(3)8-10-15-13/h8,10,12,14H,5,7,9H2,1-3H3. The molecule has 1 unspecified atom stereocenters. The van der Waals surface area contributed by atoms with Gasteiger partial charge < -0.3 is 9.73 Å². The average molecular weight is 205 g/mol. The van der Waals surface area contributed by atoms with E-state index in [9.17, 15) is 0 Å². The van der Waals surface area contributed by atoms with Gasteiger partial charge in [0.1, 0.15) is 5.76 Å². The highest BCUT2D eigenvalue weighted by atomic mass is 16.3. The fraction of sp³-hybridized carbons (Fsp3) is 0.538. The van der Waals surface area contributed by atoms with Gasteiger partial charge in [-0.2, -0.15) is 0 Å². The van der Waals surface area contributed by atoms with Crippen LogP contribution in [0.2, 0.25) is 0 Å². The van der Waals surface area contributed by atoms with Crippen molar-refractivity contribution in [2.45, 2.75) is 39.7 Å². The van der Waals surface area contributed by atoms with E-state index in [0.717, 1.165) is 25.1 Å². The van der Waals surface area contributed by atoms with Gasteiger partial charge in [0.2, 0.25) is 0 Å². The molecule has 1 rings (SSSR count). The molecule has 82 valence electrons. The molecule has 0 saturated carbocycles. The molecular formula is C13H19NO. The zero-order valence-electron chi connectivity index (χ0n) is 9.76. The van der Waals surface area contributed by atoms with Gasteiger partial charge >= 0.3 is 0 Å². The van der Waals surface area contributed by atoms with Crippen LogP contribution >= 0.6 is 0 Å². The Balaban J connectivity index is 2.70. The van der Waals surface area contributed by atoms with E-state index < -0.39 is 0 Å². The summed E-state index contributed by atoms with van der Waals surface area (Å²) in [7, 11) is 0. The summed E-state index contributed by atoms with van der Waals surface area (Å²) in [5.41, 5.74) is 1.20. The second-order valence-corrected chi connectivity index (χ2v) is 3.61. The van der Waals surface area contributed by atoms with E-state index in [0.29, 0.717) is 0 Å². The lowest BCUT2D eigenvalue weighted by Crippen LogP contribution is -2.21. The van der Waals surface area contributed by atoms with Crippen LogP contribution in [-0.2, 0) is 0 Å². The molecule has 2 heteroatoms. The van der Waals surface area contributed by atoms with Crippen molar-refractivity contribution >= 4 is 0 Å². The summed E-state index contributed by atoms with van der Waals surface area (Å²) >= 11 is 0. The van der Waals surface area contributed by atoms with Gasteiger partial charge in [-0.05, 0) is 38.4 Å². The summed E-state index contributed by atoms with van der Waals surface area (Å²) in [5, 5.41) is 3.45. The average Bonchev–Trinajstić information content (AvgIpc) is 2.65. The predicted octanol–water partition coefficient (Wildman–Crippen LogP) is 3.04. The summed E-state index contributed by atoms with van der Waals surface area (Å²) in [6.07, 6.45) is 3.67. The summed E-state index contributed by atoms with van der Waals surface area (Å²) in [6, 6.07) is 2.22. The first-order valence-electron chi connectivity index (χ1n) is 5.46. The third-order valence-corrected chi connectivity index (χ3v) is 2.34. The summed E-state index contributed by atoms with van der Waals surface area (Å²) in [5.74, 6) is 7.04. The van der Waals surface area contributed by atoms with Crippen molar-refractivity contribution in [3.8, 4) is 11.8 Å². The number of furan rings is 1. The number of aryl methyl sites for hydroxylation is 1. The lowest BCUT2D eigenvalue weighted by molar-refractivity contribution is 0.414. The predicted molar refractivity (Wildman–Crippen MR) is 62.5 cm³/mol. The van der Waals surface area contributed by atoms with Gasteiger partial charge in [0, 0.05) is 6.42 Å². The maximum Gasteiger partial charge on any atom is 0.124 e. The molecule has 0 fully saturated rings. The normalized spacial score (nSPS) is 11.9. The fourth-order valence-electron chi connectivity index (χ4n) is 1.52. The monoisotopic (exact) mass is 205 g/mol. The van der Waals surface area contributed by atoms with Crippen molar-refractivity contribution in [3.63, 3.8) is 0 Å². The van der Waals surface area contributed by atoms with Crippen molar-refractivity contribution in [3.05, 3.63) is 23.7 Å². The van der Waals surface area contributed by atoms with Gasteiger partial charge in [0.15, 0.2) is 0 Å². The molecule has 0 saturated heterocycles. The Labute approximate surface area is 92.1 Å². The molecular weight excluding hydrogens is 186 g/mol. The SMILES string of the molecule is CC#CCC(NCCC)c1occc1C. The zero-order valence-corrected chi connectivity index (χ0v) is 9.76. The molecule has 0 amide bonds. The summed E-state index contributed by atoms with van der Waals surface area (Å²) in [6.45, 7) is 7.09. The van der Waals surface area contributed by atoms with Crippen molar-refractivity contribution in [2.24, 2.45) is 0 Å². The van der Waals surface area contributed by atoms with Crippen LogP contribution in [0.5, 0.6) is 0 Å². The van der Waals surface area contributed by atoms with E-state index in [4.69, 9.17) is 4.42 Å². The van der Waals surface area contributed by atoms with Crippen LogP contribution in [0.1, 0.15) is 44.1 Å². The molecule has 2 nitrogen and oxygen atoms in total. The third-order valence-electron chi connectivity index (χ3n) is 2.34. The highest BCUT2D eigenvalue weighted by Gasteiger charge is 2.14. The number of rotatable bonds is 5. The van der Waals surface area contributed by atoms with Crippen molar-refractivity contribution < 1.29 is 4.42 Å². The maximum atomic E-state index is 5.49. The molecule has 0 bridgehead atoms. The molecule has 15 heavy (non-hydrogen) atoms. The van der Waals surface area contributed by atoms with Crippen LogP contribution in [-0.4, -0.2) is 6.54 Å². The van der Waals surface area contributed by atoms with Crippen molar-refractivity contribution in [1.29, 1.82) is 0 Å². The molecule has 0 spiro atoms. The highest BCUT2D eigenvalue weighted by molar-refractivity contribution is 5.20. The largest absolute Gasteiger partial charge is 0.467 e. The van der Waals surface area contributed by atoms with E-state index in [1.165, 1.54) is 5.56 Å². The molecule has 0 radical (unpaired) electrons. The molecule has 0 aromatic carbocycles. The Bertz CT molecular complexity index is 343. The fourth-order valence-corrected chi connectivity index (χ4v) is 1.52. The smallest absolute Gasteiger partial charge is 0.124 e. The lowest BCUT2D eigenvalue weighted by Gasteiger charge is -2.14. The van der Waals surface area contributed by atoms with E-state index in [1.54, 1.807) is 6.26 Å². The molecule has 1 aromatic heterocycles. The first kappa shape index (κ1) is 11.9. The molecule has 0 aliphatic carbocycles. The minimum absolute atomic E-state index is 0.229.